The van der Waals surface area contributed by atoms with Crippen molar-refractivity contribution in [2.75, 3.05) is 19.7 Å². The first-order valence-corrected chi connectivity index (χ1v) is 4.66. The van der Waals surface area contributed by atoms with E-state index < -0.39 is 0 Å². The number of aromatic nitrogens is 1. The zero-order valence-electron chi connectivity index (χ0n) is 7.57. The normalized spacial score (nSPS) is 22.9. The van der Waals surface area contributed by atoms with Crippen molar-refractivity contribution >= 4 is 0 Å². The first-order chi connectivity index (χ1) is 6.45. The predicted molar refractivity (Wildman–Crippen MR) is 50.6 cm³/mol. The number of ether oxygens (including phenoxy) is 1. The smallest absolute Gasteiger partial charge is 0.0740 e. The molecule has 0 amide bonds. The molecule has 1 aliphatic rings. The van der Waals surface area contributed by atoms with Crippen LogP contribution >= 0.6 is 0 Å². The number of nitrogens with zero attached hydrogens (tertiary/aromatic N) is 1. The van der Waals surface area contributed by atoms with Crippen molar-refractivity contribution < 1.29 is 4.74 Å². The Morgan fingerprint density at radius 1 is 1.46 bits per heavy atom. The van der Waals surface area contributed by atoms with E-state index in [1.807, 2.05) is 24.5 Å². The van der Waals surface area contributed by atoms with Crippen molar-refractivity contribution in [1.82, 2.24) is 10.3 Å². The van der Waals surface area contributed by atoms with Crippen LogP contribution in [-0.2, 0) is 11.2 Å². The lowest BCUT2D eigenvalue weighted by atomic mass is 10.1. The number of rotatable bonds is 2. The second-order valence-electron chi connectivity index (χ2n) is 3.26. The van der Waals surface area contributed by atoms with Gasteiger partial charge in [-0.3, -0.25) is 4.98 Å². The molecule has 1 saturated heterocycles. The Morgan fingerprint density at radius 2 is 2.31 bits per heavy atom. The lowest BCUT2D eigenvalue weighted by Gasteiger charge is -2.23. The summed E-state index contributed by atoms with van der Waals surface area (Å²) in [5, 5.41) is 3.31. The first kappa shape index (κ1) is 8.66. The van der Waals surface area contributed by atoms with Gasteiger partial charge in [0.1, 0.15) is 0 Å². The van der Waals surface area contributed by atoms with E-state index in [0.29, 0.717) is 6.10 Å². The van der Waals surface area contributed by atoms with Crippen LogP contribution in [0.25, 0.3) is 0 Å². The molecule has 0 bridgehead atoms. The summed E-state index contributed by atoms with van der Waals surface area (Å²) in [5.74, 6) is 0. The summed E-state index contributed by atoms with van der Waals surface area (Å²) in [7, 11) is 0. The van der Waals surface area contributed by atoms with E-state index in [4.69, 9.17) is 4.74 Å². The Balaban J connectivity index is 1.90. The fraction of sp³-hybridized carbons (Fsp3) is 0.500. The van der Waals surface area contributed by atoms with Crippen molar-refractivity contribution in [2.45, 2.75) is 12.5 Å². The molecule has 0 spiro atoms. The van der Waals surface area contributed by atoms with Gasteiger partial charge in [0, 0.05) is 25.5 Å². The van der Waals surface area contributed by atoms with Crippen LogP contribution in [0.3, 0.4) is 0 Å². The number of hydrogen-bond donors (Lipinski definition) is 1. The largest absolute Gasteiger partial charge is 0.375 e. The SMILES string of the molecule is c1cc(C[C@@H]2CNCCO2)ccn1. The van der Waals surface area contributed by atoms with E-state index in [1.165, 1.54) is 5.56 Å². The van der Waals surface area contributed by atoms with Gasteiger partial charge < -0.3 is 10.1 Å². The van der Waals surface area contributed by atoms with Gasteiger partial charge in [0.15, 0.2) is 0 Å². The highest BCUT2D eigenvalue weighted by molar-refractivity contribution is 5.11. The number of nitrogens with one attached hydrogen (secondary N) is 1. The topological polar surface area (TPSA) is 34.1 Å². The third-order valence-electron chi connectivity index (χ3n) is 2.22. The Kier molecular flexibility index (Phi) is 2.90. The molecular formula is C10H14N2O. The van der Waals surface area contributed by atoms with E-state index in [0.717, 1.165) is 26.1 Å². The van der Waals surface area contributed by atoms with Crippen LogP contribution in [0, 0.1) is 0 Å². The molecule has 1 aliphatic heterocycles. The Morgan fingerprint density at radius 3 is 3.00 bits per heavy atom. The standard InChI is InChI=1S/C10H14N2O/c1-3-11-4-2-9(1)7-10-8-12-5-6-13-10/h1-4,10,12H,5-8H2/t10-/m1/s1. The summed E-state index contributed by atoms with van der Waals surface area (Å²) in [5.41, 5.74) is 1.30. The van der Waals surface area contributed by atoms with E-state index >= 15 is 0 Å². The second kappa shape index (κ2) is 4.35. The minimum atomic E-state index is 0.330. The maximum atomic E-state index is 5.60. The van der Waals surface area contributed by atoms with Crippen LogP contribution in [0.2, 0.25) is 0 Å². The van der Waals surface area contributed by atoms with Gasteiger partial charge in [-0.25, -0.2) is 0 Å². The molecule has 3 nitrogen and oxygen atoms in total. The molecule has 1 atom stereocenters. The Hall–Kier alpha value is -0.930. The van der Waals surface area contributed by atoms with Gasteiger partial charge in [-0.1, -0.05) is 0 Å². The Bertz CT molecular complexity index is 244. The third-order valence-corrected chi connectivity index (χ3v) is 2.22. The van der Waals surface area contributed by atoms with Gasteiger partial charge in [0.2, 0.25) is 0 Å². The lowest BCUT2D eigenvalue weighted by molar-refractivity contribution is 0.0292. The van der Waals surface area contributed by atoms with Crippen LogP contribution in [-0.4, -0.2) is 30.8 Å². The quantitative estimate of drug-likeness (QED) is 0.720. The average Bonchev–Trinajstić information content (AvgIpc) is 2.21. The van der Waals surface area contributed by atoms with Crippen molar-refractivity contribution in [3.05, 3.63) is 30.1 Å². The molecule has 2 rings (SSSR count). The molecule has 1 aromatic rings. The summed E-state index contributed by atoms with van der Waals surface area (Å²) in [6.45, 7) is 2.77. The molecule has 0 aliphatic carbocycles. The van der Waals surface area contributed by atoms with Crippen LogP contribution in [0.1, 0.15) is 5.56 Å². The zero-order valence-corrected chi connectivity index (χ0v) is 7.57. The van der Waals surface area contributed by atoms with Gasteiger partial charge in [-0.2, -0.15) is 0 Å². The lowest BCUT2D eigenvalue weighted by Crippen LogP contribution is -2.39. The van der Waals surface area contributed by atoms with Crippen molar-refractivity contribution in [2.24, 2.45) is 0 Å². The number of morpholine rings is 1. The fourth-order valence-electron chi connectivity index (χ4n) is 1.53. The molecule has 3 heteroatoms. The van der Waals surface area contributed by atoms with Gasteiger partial charge in [0.05, 0.1) is 12.7 Å². The third kappa shape index (κ3) is 2.50. The Labute approximate surface area is 78.1 Å². The zero-order chi connectivity index (χ0) is 8.93. The van der Waals surface area contributed by atoms with Crippen LogP contribution in [0.15, 0.2) is 24.5 Å². The average molecular weight is 178 g/mol. The fourth-order valence-corrected chi connectivity index (χ4v) is 1.53. The summed E-state index contributed by atoms with van der Waals surface area (Å²) in [6.07, 6.45) is 4.96. The van der Waals surface area contributed by atoms with Gasteiger partial charge in [-0.15, -0.1) is 0 Å². The highest BCUT2D eigenvalue weighted by atomic mass is 16.5. The molecule has 0 aromatic carbocycles. The molecular weight excluding hydrogens is 164 g/mol. The van der Waals surface area contributed by atoms with E-state index in [1.54, 1.807) is 0 Å². The molecule has 0 unspecified atom stereocenters. The molecule has 13 heavy (non-hydrogen) atoms. The van der Waals surface area contributed by atoms with Gasteiger partial charge in [-0.05, 0) is 24.1 Å². The maximum Gasteiger partial charge on any atom is 0.0740 e. The second-order valence-corrected chi connectivity index (χ2v) is 3.26. The first-order valence-electron chi connectivity index (χ1n) is 4.66. The minimum absolute atomic E-state index is 0.330. The van der Waals surface area contributed by atoms with Crippen LogP contribution in [0.5, 0.6) is 0 Å². The van der Waals surface area contributed by atoms with Gasteiger partial charge >= 0.3 is 0 Å². The highest BCUT2D eigenvalue weighted by Gasteiger charge is 2.13. The van der Waals surface area contributed by atoms with Gasteiger partial charge in [0.25, 0.3) is 0 Å². The van der Waals surface area contributed by atoms with E-state index in [2.05, 4.69) is 10.3 Å². The number of hydrogen-bond acceptors (Lipinski definition) is 3. The van der Waals surface area contributed by atoms with Crippen LogP contribution in [0.4, 0.5) is 0 Å². The maximum absolute atomic E-state index is 5.60. The molecule has 0 saturated carbocycles. The predicted octanol–water partition coefficient (Wildman–Crippen LogP) is 0.612. The molecule has 70 valence electrons. The van der Waals surface area contributed by atoms with Crippen molar-refractivity contribution in [3.8, 4) is 0 Å². The van der Waals surface area contributed by atoms with E-state index in [9.17, 15) is 0 Å². The summed E-state index contributed by atoms with van der Waals surface area (Å²) in [4.78, 5) is 3.98. The van der Waals surface area contributed by atoms with Crippen molar-refractivity contribution in [1.29, 1.82) is 0 Å². The molecule has 1 N–H and O–H groups in total. The van der Waals surface area contributed by atoms with E-state index in [-0.39, 0.29) is 0 Å². The summed E-state index contributed by atoms with van der Waals surface area (Å²) < 4.78 is 5.60. The van der Waals surface area contributed by atoms with Crippen molar-refractivity contribution in [3.63, 3.8) is 0 Å². The van der Waals surface area contributed by atoms with Crippen LogP contribution < -0.4 is 5.32 Å². The molecule has 2 heterocycles. The molecule has 1 aromatic heterocycles. The number of pyridine rings is 1. The monoisotopic (exact) mass is 178 g/mol. The minimum Gasteiger partial charge on any atom is -0.375 e. The summed E-state index contributed by atoms with van der Waals surface area (Å²) >= 11 is 0. The highest BCUT2D eigenvalue weighted by Crippen LogP contribution is 2.05. The summed E-state index contributed by atoms with van der Waals surface area (Å²) in [6, 6.07) is 4.08. The molecule has 1 fully saturated rings. The molecule has 0 radical (unpaired) electrons.